The van der Waals surface area contributed by atoms with Crippen molar-refractivity contribution in [3.8, 4) is 5.75 Å². The SMILES string of the molecule is CC(=O)Nc1ccccc1OCc1ccn(C)c(=O)c1. The van der Waals surface area contributed by atoms with Gasteiger partial charge in [0, 0.05) is 26.2 Å². The molecule has 1 aromatic heterocycles. The summed E-state index contributed by atoms with van der Waals surface area (Å²) in [6, 6.07) is 10.5. The van der Waals surface area contributed by atoms with Crippen molar-refractivity contribution < 1.29 is 9.53 Å². The Kier molecular flexibility index (Phi) is 4.20. The van der Waals surface area contributed by atoms with Crippen LogP contribution in [0.4, 0.5) is 5.69 Å². The normalized spacial score (nSPS) is 10.1. The van der Waals surface area contributed by atoms with Gasteiger partial charge in [-0.3, -0.25) is 9.59 Å². The van der Waals surface area contributed by atoms with Gasteiger partial charge in [0.25, 0.3) is 5.56 Å². The largest absolute Gasteiger partial charge is 0.487 e. The Morgan fingerprint density at radius 3 is 2.75 bits per heavy atom. The number of rotatable bonds is 4. The molecule has 0 aliphatic heterocycles. The summed E-state index contributed by atoms with van der Waals surface area (Å²) in [7, 11) is 1.69. The molecule has 0 radical (unpaired) electrons. The third-order valence-corrected chi connectivity index (χ3v) is 2.76. The first-order valence-corrected chi connectivity index (χ1v) is 6.21. The average molecular weight is 272 g/mol. The number of para-hydroxylation sites is 2. The molecule has 5 heteroatoms. The second kappa shape index (κ2) is 6.06. The Balaban J connectivity index is 2.12. The van der Waals surface area contributed by atoms with Gasteiger partial charge < -0.3 is 14.6 Å². The maximum absolute atomic E-state index is 11.5. The van der Waals surface area contributed by atoms with Gasteiger partial charge in [-0.05, 0) is 23.8 Å². The zero-order valence-electron chi connectivity index (χ0n) is 11.4. The van der Waals surface area contributed by atoms with Crippen LogP contribution in [0.25, 0.3) is 0 Å². The topological polar surface area (TPSA) is 60.3 Å². The van der Waals surface area contributed by atoms with Crippen LogP contribution in [0.1, 0.15) is 12.5 Å². The molecule has 0 fully saturated rings. The van der Waals surface area contributed by atoms with Crippen molar-refractivity contribution in [3.63, 3.8) is 0 Å². The summed E-state index contributed by atoms with van der Waals surface area (Å²) >= 11 is 0. The van der Waals surface area contributed by atoms with Gasteiger partial charge in [0.15, 0.2) is 0 Å². The van der Waals surface area contributed by atoms with E-state index in [0.717, 1.165) is 5.56 Å². The van der Waals surface area contributed by atoms with Gasteiger partial charge in [-0.1, -0.05) is 12.1 Å². The number of nitrogens with zero attached hydrogens (tertiary/aromatic N) is 1. The van der Waals surface area contributed by atoms with E-state index in [0.29, 0.717) is 11.4 Å². The number of hydrogen-bond acceptors (Lipinski definition) is 3. The number of hydrogen-bond donors (Lipinski definition) is 1. The second-order valence-corrected chi connectivity index (χ2v) is 4.45. The van der Waals surface area contributed by atoms with Gasteiger partial charge >= 0.3 is 0 Å². The van der Waals surface area contributed by atoms with Crippen molar-refractivity contribution >= 4 is 11.6 Å². The molecule has 104 valence electrons. The van der Waals surface area contributed by atoms with Crippen LogP contribution in [-0.4, -0.2) is 10.5 Å². The Labute approximate surface area is 116 Å². The molecule has 0 bridgehead atoms. The number of amides is 1. The predicted octanol–water partition coefficient (Wildman–Crippen LogP) is 1.92. The Hall–Kier alpha value is -2.56. The lowest BCUT2D eigenvalue weighted by atomic mass is 10.2. The van der Waals surface area contributed by atoms with E-state index in [-0.39, 0.29) is 18.1 Å². The third-order valence-electron chi connectivity index (χ3n) is 2.76. The number of carbonyl (C=O) groups is 1. The number of nitrogens with one attached hydrogen (secondary N) is 1. The first-order chi connectivity index (χ1) is 9.56. The number of aryl methyl sites for hydroxylation is 1. The highest BCUT2D eigenvalue weighted by Gasteiger charge is 2.05. The van der Waals surface area contributed by atoms with Gasteiger partial charge in [-0.25, -0.2) is 0 Å². The summed E-state index contributed by atoms with van der Waals surface area (Å²) < 4.78 is 7.15. The van der Waals surface area contributed by atoms with E-state index >= 15 is 0 Å². The molecule has 0 aliphatic rings. The molecule has 0 saturated carbocycles. The number of anilines is 1. The standard InChI is InChI=1S/C15H16N2O3/c1-11(18)16-13-5-3-4-6-14(13)20-10-12-7-8-17(2)15(19)9-12/h3-9H,10H2,1-2H3,(H,16,18). The van der Waals surface area contributed by atoms with E-state index in [1.165, 1.54) is 17.6 Å². The van der Waals surface area contributed by atoms with Crippen molar-refractivity contribution in [3.05, 3.63) is 58.5 Å². The summed E-state index contributed by atoms with van der Waals surface area (Å²) in [6.45, 7) is 1.71. The van der Waals surface area contributed by atoms with Gasteiger partial charge in [0.05, 0.1) is 5.69 Å². The highest BCUT2D eigenvalue weighted by molar-refractivity contribution is 5.90. The highest BCUT2D eigenvalue weighted by Crippen LogP contribution is 2.24. The summed E-state index contributed by atoms with van der Waals surface area (Å²) in [4.78, 5) is 22.6. The van der Waals surface area contributed by atoms with Crippen molar-refractivity contribution in [1.82, 2.24) is 4.57 Å². The highest BCUT2D eigenvalue weighted by atomic mass is 16.5. The summed E-state index contributed by atoms with van der Waals surface area (Å²) in [5.41, 5.74) is 1.32. The molecule has 20 heavy (non-hydrogen) atoms. The first-order valence-electron chi connectivity index (χ1n) is 6.21. The van der Waals surface area contributed by atoms with E-state index in [1.54, 1.807) is 25.4 Å². The van der Waals surface area contributed by atoms with Crippen LogP contribution < -0.4 is 15.6 Å². The average Bonchev–Trinajstić information content (AvgIpc) is 2.41. The minimum Gasteiger partial charge on any atom is -0.487 e. The minimum absolute atomic E-state index is 0.0822. The second-order valence-electron chi connectivity index (χ2n) is 4.45. The maximum Gasteiger partial charge on any atom is 0.250 e. The molecule has 0 atom stereocenters. The van der Waals surface area contributed by atoms with Gasteiger partial charge in [0.1, 0.15) is 12.4 Å². The monoisotopic (exact) mass is 272 g/mol. The van der Waals surface area contributed by atoms with Gasteiger partial charge in [-0.15, -0.1) is 0 Å². The van der Waals surface area contributed by atoms with Crippen molar-refractivity contribution in [1.29, 1.82) is 0 Å². The Morgan fingerprint density at radius 2 is 2.05 bits per heavy atom. The number of carbonyl (C=O) groups excluding carboxylic acids is 1. The number of pyridine rings is 1. The van der Waals surface area contributed by atoms with Crippen LogP contribution in [0.3, 0.4) is 0 Å². The molecule has 0 spiro atoms. The van der Waals surface area contributed by atoms with Crippen LogP contribution in [-0.2, 0) is 18.4 Å². The fraction of sp³-hybridized carbons (Fsp3) is 0.200. The molecule has 0 saturated heterocycles. The van der Waals surface area contributed by atoms with Crippen LogP contribution >= 0.6 is 0 Å². The lowest BCUT2D eigenvalue weighted by Gasteiger charge is -2.11. The van der Waals surface area contributed by atoms with Crippen LogP contribution in [0.15, 0.2) is 47.4 Å². The fourth-order valence-electron chi connectivity index (χ4n) is 1.73. The zero-order chi connectivity index (χ0) is 14.5. The molecule has 2 aromatic rings. The van der Waals surface area contributed by atoms with Crippen LogP contribution in [0.2, 0.25) is 0 Å². The molecule has 2 rings (SSSR count). The third kappa shape index (κ3) is 3.47. The molecular weight excluding hydrogens is 256 g/mol. The van der Waals surface area contributed by atoms with E-state index in [2.05, 4.69) is 5.32 Å². The lowest BCUT2D eigenvalue weighted by Crippen LogP contribution is -2.15. The maximum atomic E-state index is 11.5. The number of ether oxygens (including phenoxy) is 1. The molecule has 1 N–H and O–H groups in total. The first kappa shape index (κ1) is 13.9. The lowest BCUT2D eigenvalue weighted by molar-refractivity contribution is -0.114. The smallest absolute Gasteiger partial charge is 0.250 e. The fourth-order valence-corrected chi connectivity index (χ4v) is 1.73. The molecule has 1 aromatic carbocycles. The molecule has 1 amide bonds. The molecule has 0 unspecified atom stereocenters. The molecule has 0 aliphatic carbocycles. The van der Waals surface area contributed by atoms with E-state index in [1.807, 2.05) is 18.2 Å². The predicted molar refractivity (Wildman–Crippen MR) is 76.8 cm³/mol. The Morgan fingerprint density at radius 1 is 1.30 bits per heavy atom. The van der Waals surface area contributed by atoms with Crippen molar-refractivity contribution in [2.24, 2.45) is 7.05 Å². The van der Waals surface area contributed by atoms with Crippen LogP contribution in [0.5, 0.6) is 5.75 Å². The summed E-state index contributed by atoms with van der Waals surface area (Å²) in [5.74, 6) is 0.415. The molecular formula is C15H16N2O3. The van der Waals surface area contributed by atoms with E-state index < -0.39 is 0 Å². The molecule has 5 nitrogen and oxygen atoms in total. The van der Waals surface area contributed by atoms with Gasteiger partial charge in [0.2, 0.25) is 5.91 Å². The minimum atomic E-state index is -0.158. The number of aromatic nitrogens is 1. The summed E-state index contributed by atoms with van der Waals surface area (Å²) in [6.07, 6.45) is 1.70. The summed E-state index contributed by atoms with van der Waals surface area (Å²) in [5, 5.41) is 2.70. The Bertz CT molecular complexity index is 677. The van der Waals surface area contributed by atoms with Gasteiger partial charge in [-0.2, -0.15) is 0 Å². The van der Waals surface area contributed by atoms with Crippen LogP contribution in [0, 0.1) is 0 Å². The number of benzene rings is 1. The molecule has 1 heterocycles. The quantitative estimate of drug-likeness (QED) is 0.925. The van der Waals surface area contributed by atoms with Crippen molar-refractivity contribution in [2.75, 3.05) is 5.32 Å². The zero-order valence-corrected chi connectivity index (χ0v) is 11.4. The van der Waals surface area contributed by atoms with Crippen molar-refractivity contribution in [2.45, 2.75) is 13.5 Å². The van der Waals surface area contributed by atoms with E-state index in [9.17, 15) is 9.59 Å². The van der Waals surface area contributed by atoms with E-state index in [4.69, 9.17) is 4.74 Å².